The third-order valence-electron chi connectivity index (χ3n) is 5.83. The number of sulfonamides is 1. The summed E-state index contributed by atoms with van der Waals surface area (Å²) in [5.41, 5.74) is 0.355. The molecule has 0 aliphatic carbocycles. The van der Waals surface area contributed by atoms with Crippen LogP contribution in [0.4, 0.5) is 0 Å². The number of quaternary nitrogens is 1. The summed E-state index contributed by atoms with van der Waals surface area (Å²) in [4.78, 5) is 12.5. The molecule has 6 nitrogen and oxygen atoms in total. The molecule has 30 heavy (non-hydrogen) atoms. The number of nitrogens with one attached hydrogen (secondary N) is 1. The van der Waals surface area contributed by atoms with Crippen molar-refractivity contribution in [3.63, 3.8) is 0 Å². The zero-order chi connectivity index (χ0) is 21.5. The second-order valence-corrected chi connectivity index (χ2v) is 10.5. The van der Waals surface area contributed by atoms with E-state index in [1.54, 1.807) is 19.1 Å². The van der Waals surface area contributed by atoms with Crippen LogP contribution in [-0.2, 0) is 26.0 Å². The molecule has 2 rings (SSSR count). The van der Waals surface area contributed by atoms with Gasteiger partial charge in [0, 0.05) is 12.8 Å². The van der Waals surface area contributed by atoms with E-state index in [2.05, 4.69) is 25.7 Å². The number of benzene rings is 1. The highest BCUT2D eigenvalue weighted by atomic mass is 127. The molecule has 0 radical (unpaired) electrons. The molecular weight excluding hydrogens is 515 g/mol. The molecule has 1 aromatic carbocycles. The number of carbonyl (C=O) groups is 1. The molecule has 0 saturated carbocycles. The van der Waals surface area contributed by atoms with E-state index >= 15 is 0 Å². The number of hydrogen-bond acceptors (Lipinski definition) is 4. The Labute approximate surface area is 199 Å². The molecule has 0 bridgehead atoms. The summed E-state index contributed by atoms with van der Waals surface area (Å²) in [6.45, 7) is 5.83. The normalized spacial score (nSPS) is 17.7. The number of rotatable bonds is 10. The van der Waals surface area contributed by atoms with Crippen LogP contribution in [0.2, 0.25) is 0 Å². The van der Waals surface area contributed by atoms with Crippen LogP contribution in [0.15, 0.2) is 29.2 Å². The number of carbonyl (C=O) groups excluding carboxylic acids is 1. The van der Waals surface area contributed by atoms with Crippen LogP contribution in [0, 0.1) is 0 Å². The van der Waals surface area contributed by atoms with Gasteiger partial charge in [-0.25, -0.2) is 13.1 Å². The first-order chi connectivity index (χ1) is 13.6. The summed E-state index contributed by atoms with van der Waals surface area (Å²) in [7, 11) is 0.527. The minimum Gasteiger partial charge on any atom is -1.00 e. The summed E-state index contributed by atoms with van der Waals surface area (Å²) in [5.74, 6) is -0.353. The van der Waals surface area contributed by atoms with Gasteiger partial charge in [-0.3, -0.25) is 4.79 Å². The summed E-state index contributed by atoms with van der Waals surface area (Å²) < 4.78 is 35.0. The predicted molar refractivity (Wildman–Crippen MR) is 115 cm³/mol. The zero-order valence-corrected chi connectivity index (χ0v) is 21.7. The van der Waals surface area contributed by atoms with Crippen molar-refractivity contribution in [1.29, 1.82) is 0 Å². The van der Waals surface area contributed by atoms with Crippen LogP contribution < -0.4 is 28.7 Å². The molecule has 1 N–H and O–H groups in total. The fourth-order valence-electron chi connectivity index (χ4n) is 3.83. The van der Waals surface area contributed by atoms with Crippen molar-refractivity contribution in [3.05, 3.63) is 29.8 Å². The van der Waals surface area contributed by atoms with Gasteiger partial charge in [0.25, 0.3) is 0 Å². The molecule has 1 aliphatic rings. The second kappa shape index (κ2) is 11.8. The van der Waals surface area contributed by atoms with Crippen LogP contribution in [0.1, 0.15) is 57.9 Å². The van der Waals surface area contributed by atoms with E-state index in [0.717, 1.165) is 42.4 Å². The van der Waals surface area contributed by atoms with Gasteiger partial charge in [-0.1, -0.05) is 31.9 Å². The lowest BCUT2D eigenvalue weighted by Gasteiger charge is -2.44. The molecule has 0 spiro atoms. The number of hydrogen-bond donors (Lipinski definition) is 1. The zero-order valence-electron chi connectivity index (χ0n) is 18.7. The number of halogens is 1. The van der Waals surface area contributed by atoms with Gasteiger partial charge in [-0.2, -0.15) is 0 Å². The first kappa shape index (κ1) is 27.3. The molecule has 0 unspecified atom stereocenters. The molecule has 1 heterocycles. The second-order valence-electron chi connectivity index (χ2n) is 8.85. The highest BCUT2D eigenvalue weighted by Crippen LogP contribution is 2.30. The Morgan fingerprint density at radius 1 is 1.10 bits per heavy atom. The average molecular weight is 553 g/mol. The van der Waals surface area contributed by atoms with E-state index < -0.39 is 15.6 Å². The van der Waals surface area contributed by atoms with E-state index in [4.69, 9.17) is 4.74 Å². The molecule has 8 heteroatoms. The van der Waals surface area contributed by atoms with Gasteiger partial charge < -0.3 is 33.2 Å². The van der Waals surface area contributed by atoms with Crippen LogP contribution in [0.25, 0.3) is 0 Å². The SMILES string of the molecule is CCCCCc1ccc(S(=O)(=O)NC2(CC(=O)OCC)CC[N+](C)(C)CC2)cc1.[I-]. The molecular formula is C22H37IN2O4S. The average Bonchev–Trinajstić information content (AvgIpc) is 2.65. The van der Waals surface area contributed by atoms with Gasteiger partial charge in [0.05, 0.1) is 50.6 Å². The standard InChI is InChI=1S/C22H37N2O4S.HI/c1-5-7-8-9-19-10-12-20(13-11-19)29(26,27)23-22(18-21(25)28-6-2)14-16-24(3,4)17-15-22;/h10-13,23H,5-9,14-18H2,1-4H3;1H/q+1;/p-1. The Kier molecular flexibility index (Phi) is 10.7. The number of piperidine rings is 1. The van der Waals surface area contributed by atoms with Crippen LogP contribution in [0.5, 0.6) is 0 Å². The first-order valence-corrected chi connectivity index (χ1v) is 12.2. The first-order valence-electron chi connectivity index (χ1n) is 10.7. The van der Waals surface area contributed by atoms with E-state index in [9.17, 15) is 13.2 Å². The van der Waals surface area contributed by atoms with Gasteiger partial charge in [0.2, 0.25) is 10.0 Å². The maximum atomic E-state index is 13.1. The van der Waals surface area contributed by atoms with Crippen molar-refractivity contribution in [1.82, 2.24) is 4.72 Å². The van der Waals surface area contributed by atoms with Gasteiger partial charge in [-0.05, 0) is 37.5 Å². The molecule has 0 atom stereocenters. The number of nitrogens with zero attached hydrogens (tertiary/aromatic N) is 1. The lowest BCUT2D eigenvalue weighted by atomic mass is 9.85. The van der Waals surface area contributed by atoms with Crippen LogP contribution in [0.3, 0.4) is 0 Å². The molecule has 1 saturated heterocycles. The summed E-state index contributed by atoms with van der Waals surface area (Å²) in [6.07, 6.45) is 5.68. The number of aryl methyl sites for hydroxylation is 1. The fraction of sp³-hybridized carbons (Fsp3) is 0.682. The molecule has 1 aliphatic heterocycles. The van der Waals surface area contributed by atoms with Crippen LogP contribution >= 0.6 is 0 Å². The quantitative estimate of drug-likeness (QED) is 0.196. The maximum absolute atomic E-state index is 13.1. The number of likely N-dealkylation sites (tertiary alicyclic amines) is 1. The van der Waals surface area contributed by atoms with Crippen molar-refractivity contribution in [3.8, 4) is 0 Å². The van der Waals surface area contributed by atoms with Gasteiger partial charge >= 0.3 is 5.97 Å². The smallest absolute Gasteiger partial charge is 0.307 e. The minimum atomic E-state index is -3.72. The third-order valence-corrected chi connectivity index (χ3v) is 7.43. The number of esters is 1. The van der Waals surface area contributed by atoms with Crippen LogP contribution in [-0.4, -0.2) is 58.2 Å². The van der Waals surface area contributed by atoms with Gasteiger partial charge in [0.1, 0.15) is 0 Å². The number of unbranched alkanes of at least 4 members (excludes halogenated alkanes) is 2. The minimum absolute atomic E-state index is 0. The van der Waals surface area contributed by atoms with Gasteiger partial charge in [0.15, 0.2) is 0 Å². The summed E-state index contributed by atoms with van der Waals surface area (Å²) in [6, 6.07) is 7.13. The molecule has 1 fully saturated rings. The highest BCUT2D eigenvalue weighted by molar-refractivity contribution is 7.89. The Morgan fingerprint density at radius 3 is 2.23 bits per heavy atom. The monoisotopic (exact) mass is 552 g/mol. The largest absolute Gasteiger partial charge is 1.00 e. The predicted octanol–water partition coefficient (Wildman–Crippen LogP) is 0.264. The third kappa shape index (κ3) is 8.09. The lowest BCUT2D eigenvalue weighted by Crippen LogP contribution is -3.00. The van der Waals surface area contributed by atoms with Crippen molar-refractivity contribution < 1.29 is 46.4 Å². The maximum Gasteiger partial charge on any atom is 0.307 e. The van der Waals surface area contributed by atoms with E-state index in [0.29, 0.717) is 19.4 Å². The van der Waals surface area contributed by atoms with Crippen molar-refractivity contribution >= 4 is 16.0 Å². The lowest BCUT2D eigenvalue weighted by molar-refractivity contribution is -0.896. The topological polar surface area (TPSA) is 72.5 Å². The van der Waals surface area contributed by atoms with Crippen molar-refractivity contribution in [2.75, 3.05) is 33.8 Å². The number of ether oxygens (including phenoxy) is 1. The fourth-order valence-corrected chi connectivity index (χ4v) is 5.29. The van der Waals surface area contributed by atoms with E-state index in [-0.39, 0.29) is 41.3 Å². The van der Waals surface area contributed by atoms with Crippen molar-refractivity contribution in [2.24, 2.45) is 0 Å². The highest BCUT2D eigenvalue weighted by Gasteiger charge is 2.43. The Bertz CT molecular complexity index is 769. The Balaban J connectivity index is 0.00000450. The van der Waals surface area contributed by atoms with E-state index in [1.165, 1.54) is 6.42 Å². The molecule has 172 valence electrons. The van der Waals surface area contributed by atoms with Crippen molar-refractivity contribution in [2.45, 2.75) is 69.2 Å². The Morgan fingerprint density at radius 2 is 1.70 bits per heavy atom. The Hall–Kier alpha value is -0.710. The molecule has 0 aromatic heterocycles. The summed E-state index contributed by atoms with van der Waals surface area (Å²) in [5, 5.41) is 0. The molecule has 0 amide bonds. The van der Waals surface area contributed by atoms with Gasteiger partial charge in [-0.15, -0.1) is 0 Å². The molecule has 1 aromatic rings. The van der Waals surface area contributed by atoms with E-state index in [1.807, 2.05) is 12.1 Å². The summed E-state index contributed by atoms with van der Waals surface area (Å²) >= 11 is 0.